The smallest absolute Gasteiger partial charge is 0.114 e. The maximum Gasteiger partial charge on any atom is 0.114 e. The quantitative estimate of drug-likeness (QED) is 0.788. The molecule has 0 aliphatic heterocycles. The van der Waals surface area contributed by atoms with Crippen LogP contribution >= 0.6 is 15.9 Å². The fourth-order valence-electron chi connectivity index (χ4n) is 1.64. The molecule has 3 rings (SSSR count). The van der Waals surface area contributed by atoms with Crippen LogP contribution in [0.2, 0.25) is 0 Å². The average molecular weight is 289 g/mol. The predicted octanol–water partition coefficient (Wildman–Crippen LogP) is 3.07. The molecule has 0 aliphatic carbocycles. The van der Waals surface area contributed by atoms with Gasteiger partial charge in [-0.15, -0.1) is 0 Å². The second-order valence-electron chi connectivity index (χ2n) is 3.58. The van der Waals surface area contributed by atoms with Crippen molar-refractivity contribution >= 4 is 32.7 Å². The van der Waals surface area contributed by atoms with Crippen LogP contribution in [0.4, 0.5) is 5.69 Å². The number of nitrogens with one attached hydrogen (secondary N) is 1. The van der Waals surface area contributed by atoms with Crippen LogP contribution in [0, 0.1) is 0 Å². The molecule has 1 N–H and O–H groups in total. The fourth-order valence-corrected chi connectivity index (χ4v) is 1.96. The van der Waals surface area contributed by atoms with Crippen molar-refractivity contribution in [3.8, 4) is 0 Å². The van der Waals surface area contributed by atoms with Gasteiger partial charge in [-0.3, -0.25) is 20.1 Å². The topological polar surface area (TPSA) is 42.7 Å². The molecule has 0 saturated carbocycles. The van der Waals surface area contributed by atoms with Gasteiger partial charge in [-0.25, -0.2) is 0 Å². The number of hydrogen-bond donors (Lipinski definition) is 1. The molecule has 0 atom stereocenters. The third-order valence-electron chi connectivity index (χ3n) is 2.40. The molecule has 0 radical (unpaired) electrons. The summed E-state index contributed by atoms with van der Waals surface area (Å²) in [6.45, 7) is 0. The molecule has 0 unspecified atom stereocenters. The summed E-state index contributed by atoms with van der Waals surface area (Å²) in [5.74, 6) is 0. The van der Waals surface area contributed by atoms with Gasteiger partial charge in [0.25, 0.3) is 0 Å². The normalized spacial score (nSPS) is 10.6. The number of aromatic nitrogens is 3. The number of nitrogens with zero attached hydrogens (tertiary/aromatic N) is 3. The summed E-state index contributed by atoms with van der Waals surface area (Å²) in [6.07, 6.45) is 7.41. The van der Waals surface area contributed by atoms with E-state index in [1.54, 1.807) is 12.4 Å². The molecule has 3 heterocycles. The lowest BCUT2D eigenvalue weighted by atomic mass is 10.3. The van der Waals surface area contributed by atoms with Gasteiger partial charge in [0.15, 0.2) is 0 Å². The monoisotopic (exact) mass is 288 g/mol. The molecule has 0 spiro atoms. The highest BCUT2D eigenvalue weighted by Gasteiger charge is 2.03. The largest absolute Gasteiger partial charge is 0.293 e. The summed E-state index contributed by atoms with van der Waals surface area (Å²) in [5, 5.41) is 0. The maximum atomic E-state index is 4.38. The van der Waals surface area contributed by atoms with Crippen molar-refractivity contribution in [1.82, 2.24) is 14.6 Å². The van der Waals surface area contributed by atoms with Crippen LogP contribution in [0.25, 0.3) is 11.0 Å². The first kappa shape index (κ1) is 10.3. The van der Waals surface area contributed by atoms with Crippen molar-refractivity contribution in [2.75, 3.05) is 5.43 Å². The molecule has 0 fully saturated rings. The third-order valence-corrected chi connectivity index (χ3v) is 2.83. The number of rotatable bonds is 2. The summed E-state index contributed by atoms with van der Waals surface area (Å²) >= 11 is 3.39. The zero-order valence-electron chi connectivity index (χ0n) is 8.84. The molecule has 0 amide bonds. The first-order valence-corrected chi connectivity index (χ1v) is 5.92. The van der Waals surface area contributed by atoms with Crippen LogP contribution < -0.4 is 5.43 Å². The van der Waals surface area contributed by atoms with Crippen molar-refractivity contribution in [1.29, 1.82) is 0 Å². The van der Waals surface area contributed by atoms with Crippen LogP contribution in [0.3, 0.4) is 0 Å². The molecule has 4 nitrogen and oxygen atoms in total. The highest BCUT2D eigenvalue weighted by atomic mass is 79.9. The first-order chi connectivity index (χ1) is 8.33. The van der Waals surface area contributed by atoms with Gasteiger partial charge in [0.05, 0.1) is 11.2 Å². The summed E-state index contributed by atoms with van der Waals surface area (Å²) in [5.41, 5.74) is 5.88. The van der Waals surface area contributed by atoms with Gasteiger partial charge in [0.2, 0.25) is 0 Å². The van der Waals surface area contributed by atoms with Crippen molar-refractivity contribution in [2.45, 2.75) is 0 Å². The van der Waals surface area contributed by atoms with Gasteiger partial charge in [0.1, 0.15) is 5.52 Å². The standard InChI is InChI=1S/C12H9BrN4/c13-9-7-11-12(15-8-9)10(3-4-14-11)16-17-5-1-2-6-17/h1-8H,(H,14,16). The van der Waals surface area contributed by atoms with E-state index < -0.39 is 0 Å². The molecule has 0 bridgehead atoms. The second-order valence-corrected chi connectivity index (χ2v) is 4.50. The first-order valence-electron chi connectivity index (χ1n) is 5.13. The highest BCUT2D eigenvalue weighted by Crippen LogP contribution is 2.21. The Bertz CT molecular complexity index is 649. The molecule has 17 heavy (non-hydrogen) atoms. The maximum absolute atomic E-state index is 4.38. The van der Waals surface area contributed by atoms with Crippen LogP contribution in [0.15, 0.2) is 53.5 Å². The van der Waals surface area contributed by atoms with Crippen molar-refractivity contribution in [3.05, 3.63) is 53.5 Å². The Hall–Kier alpha value is -1.88. The summed E-state index contributed by atoms with van der Waals surface area (Å²) in [6, 6.07) is 7.77. The average Bonchev–Trinajstić information content (AvgIpc) is 2.82. The highest BCUT2D eigenvalue weighted by molar-refractivity contribution is 9.10. The molecule has 3 aromatic rings. The molecule has 5 heteroatoms. The van der Waals surface area contributed by atoms with Gasteiger partial charge in [-0.1, -0.05) is 0 Å². The van der Waals surface area contributed by atoms with E-state index in [1.165, 1.54) is 0 Å². The Labute approximate surface area is 106 Å². The zero-order chi connectivity index (χ0) is 11.7. The lowest BCUT2D eigenvalue weighted by molar-refractivity contribution is 0.972. The van der Waals surface area contributed by atoms with Gasteiger partial charge < -0.3 is 0 Å². The van der Waals surface area contributed by atoms with E-state index in [0.29, 0.717) is 0 Å². The van der Waals surface area contributed by atoms with E-state index in [1.807, 2.05) is 41.3 Å². The number of fused-ring (bicyclic) bond motifs is 1. The summed E-state index contributed by atoms with van der Waals surface area (Å²) in [4.78, 5) is 8.67. The Morgan fingerprint density at radius 3 is 2.82 bits per heavy atom. The lowest BCUT2D eigenvalue weighted by Crippen LogP contribution is -2.06. The number of pyridine rings is 2. The van der Waals surface area contributed by atoms with Gasteiger partial charge >= 0.3 is 0 Å². The van der Waals surface area contributed by atoms with Crippen LogP contribution in [0.5, 0.6) is 0 Å². The number of halogens is 1. The minimum absolute atomic E-state index is 0.851. The van der Waals surface area contributed by atoms with Crippen molar-refractivity contribution in [3.63, 3.8) is 0 Å². The van der Waals surface area contributed by atoms with Crippen molar-refractivity contribution < 1.29 is 0 Å². The zero-order valence-corrected chi connectivity index (χ0v) is 10.4. The summed E-state index contributed by atoms with van der Waals surface area (Å²) in [7, 11) is 0. The van der Waals surface area contributed by atoms with Gasteiger partial charge in [-0.05, 0) is 40.2 Å². The third kappa shape index (κ3) is 2.01. The van der Waals surface area contributed by atoms with E-state index >= 15 is 0 Å². The number of anilines is 1. The van der Waals surface area contributed by atoms with E-state index in [9.17, 15) is 0 Å². The van der Waals surface area contributed by atoms with Gasteiger partial charge in [0, 0.05) is 29.3 Å². The van der Waals surface area contributed by atoms with Crippen LogP contribution in [-0.2, 0) is 0 Å². The van der Waals surface area contributed by atoms with Crippen LogP contribution in [-0.4, -0.2) is 14.6 Å². The Morgan fingerprint density at radius 2 is 2.00 bits per heavy atom. The van der Waals surface area contributed by atoms with E-state index in [0.717, 1.165) is 21.2 Å². The molecule has 84 valence electrons. The van der Waals surface area contributed by atoms with Crippen molar-refractivity contribution in [2.24, 2.45) is 0 Å². The predicted molar refractivity (Wildman–Crippen MR) is 70.7 cm³/mol. The second kappa shape index (κ2) is 4.18. The molecule has 0 aromatic carbocycles. The minimum atomic E-state index is 0.851. The van der Waals surface area contributed by atoms with E-state index in [-0.39, 0.29) is 0 Å². The van der Waals surface area contributed by atoms with E-state index in [2.05, 4.69) is 31.3 Å². The Morgan fingerprint density at radius 1 is 1.18 bits per heavy atom. The Balaban J connectivity index is 2.10. The minimum Gasteiger partial charge on any atom is -0.293 e. The van der Waals surface area contributed by atoms with Gasteiger partial charge in [-0.2, -0.15) is 0 Å². The molecular formula is C12H9BrN4. The molecule has 0 saturated heterocycles. The van der Waals surface area contributed by atoms with Crippen LogP contribution in [0.1, 0.15) is 0 Å². The lowest BCUT2D eigenvalue weighted by Gasteiger charge is -2.09. The molecule has 0 aliphatic rings. The fraction of sp³-hybridized carbons (Fsp3) is 0. The SMILES string of the molecule is Brc1cnc2c(Nn3cccc3)ccnc2c1. The number of hydrogen-bond acceptors (Lipinski definition) is 3. The van der Waals surface area contributed by atoms with E-state index in [4.69, 9.17) is 0 Å². The Kier molecular flexibility index (Phi) is 2.53. The molecule has 3 aromatic heterocycles. The molecular weight excluding hydrogens is 280 g/mol. The summed E-state index contributed by atoms with van der Waals surface area (Å²) < 4.78 is 2.80.